The summed E-state index contributed by atoms with van der Waals surface area (Å²) < 4.78 is 0. The average Bonchev–Trinajstić information content (AvgIpc) is 2.80. The van der Waals surface area contributed by atoms with Gasteiger partial charge in [0.25, 0.3) is 0 Å². The van der Waals surface area contributed by atoms with Crippen LogP contribution in [0, 0.1) is 0 Å². The molecule has 0 radical (unpaired) electrons. The van der Waals surface area contributed by atoms with Crippen LogP contribution >= 0.6 is 11.6 Å². The topological polar surface area (TPSA) is 35.9 Å². The minimum absolute atomic E-state index is 0.0201. The number of rotatable bonds is 6. The largest absolute Gasteiger partial charge is 0.309 e. The zero-order valence-corrected chi connectivity index (χ0v) is 16.0. The molecule has 2 aromatic carbocycles. The zero-order valence-electron chi connectivity index (χ0n) is 15.3. The van der Waals surface area contributed by atoms with Crippen LogP contribution in [0.15, 0.2) is 53.5 Å². The summed E-state index contributed by atoms with van der Waals surface area (Å²) in [6.45, 7) is 7.84. The van der Waals surface area contributed by atoms with E-state index in [1.165, 1.54) is 0 Å². The summed E-state index contributed by atoms with van der Waals surface area (Å²) in [7, 11) is 0. The van der Waals surface area contributed by atoms with Crippen LogP contribution in [0.2, 0.25) is 5.02 Å². The Morgan fingerprint density at radius 2 is 1.85 bits per heavy atom. The molecule has 0 unspecified atom stereocenters. The zero-order chi connectivity index (χ0) is 18.5. The molecule has 0 fully saturated rings. The summed E-state index contributed by atoms with van der Waals surface area (Å²) >= 11 is 6.27. The Morgan fingerprint density at radius 1 is 1.12 bits per heavy atom. The van der Waals surface area contributed by atoms with Crippen LogP contribution in [0.25, 0.3) is 0 Å². The molecular formula is C21H24ClN3O. The Balaban J connectivity index is 2.01. The molecule has 5 heteroatoms. The van der Waals surface area contributed by atoms with Crippen LogP contribution in [0.4, 0.5) is 5.69 Å². The van der Waals surface area contributed by atoms with Crippen molar-refractivity contribution in [3.63, 3.8) is 0 Å². The van der Waals surface area contributed by atoms with E-state index in [-0.39, 0.29) is 12.5 Å². The van der Waals surface area contributed by atoms with E-state index in [1.807, 2.05) is 53.4 Å². The second-order valence-electron chi connectivity index (χ2n) is 6.26. The van der Waals surface area contributed by atoms with Crippen molar-refractivity contribution in [2.75, 3.05) is 37.6 Å². The van der Waals surface area contributed by atoms with Crippen molar-refractivity contribution in [1.29, 1.82) is 0 Å². The maximum absolute atomic E-state index is 12.8. The number of carbonyl (C=O) groups excluding carboxylic acids is 1. The summed E-state index contributed by atoms with van der Waals surface area (Å²) in [6, 6.07) is 15.6. The molecule has 26 heavy (non-hydrogen) atoms. The summed E-state index contributed by atoms with van der Waals surface area (Å²) in [5, 5.41) is 0.644. The SMILES string of the molecule is CCN(CC)CCN1C(=O)CN=C(c2ccccc2)c2cc(Cl)ccc21. The van der Waals surface area contributed by atoms with Gasteiger partial charge in [-0.15, -0.1) is 0 Å². The van der Waals surface area contributed by atoms with Gasteiger partial charge in [0.2, 0.25) is 5.91 Å². The standard InChI is InChI=1S/C21H24ClN3O/c1-3-24(4-2)12-13-25-19-11-10-17(22)14-18(19)21(23-15-20(25)26)16-8-6-5-7-9-16/h5-11,14H,3-4,12-13,15H2,1-2H3. The molecule has 2 aromatic rings. The summed E-state index contributed by atoms with van der Waals surface area (Å²) in [5.74, 6) is 0.0201. The monoisotopic (exact) mass is 369 g/mol. The van der Waals surface area contributed by atoms with Crippen molar-refractivity contribution >= 4 is 28.9 Å². The van der Waals surface area contributed by atoms with Crippen LogP contribution in [0.3, 0.4) is 0 Å². The van der Waals surface area contributed by atoms with E-state index in [0.717, 1.165) is 42.2 Å². The van der Waals surface area contributed by atoms with E-state index in [9.17, 15) is 4.79 Å². The van der Waals surface area contributed by atoms with E-state index < -0.39 is 0 Å². The lowest BCUT2D eigenvalue weighted by molar-refractivity contribution is -0.117. The number of nitrogens with zero attached hydrogens (tertiary/aromatic N) is 3. The molecule has 1 heterocycles. The van der Waals surface area contributed by atoms with Gasteiger partial charge in [0.15, 0.2) is 0 Å². The molecule has 0 aromatic heterocycles. The fourth-order valence-electron chi connectivity index (χ4n) is 3.25. The maximum atomic E-state index is 12.8. The predicted octanol–water partition coefficient (Wildman–Crippen LogP) is 3.87. The molecule has 136 valence electrons. The lowest BCUT2D eigenvalue weighted by Gasteiger charge is -2.26. The van der Waals surface area contributed by atoms with Gasteiger partial charge in [-0.2, -0.15) is 0 Å². The molecule has 0 aliphatic carbocycles. The van der Waals surface area contributed by atoms with Crippen LogP contribution in [-0.2, 0) is 4.79 Å². The Morgan fingerprint density at radius 3 is 2.54 bits per heavy atom. The molecule has 0 N–H and O–H groups in total. The van der Waals surface area contributed by atoms with Crippen LogP contribution < -0.4 is 4.90 Å². The fourth-order valence-corrected chi connectivity index (χ4v) is 3.43. The minimum Gasteiger partial charge on any atom is -0.309 e. The number of carbonyl (C=O) groups is 1. The van der Waals surface area contributed by atoms with Crippen molar-refractivity contribution in [2.24, 2.45) is 4.99 Å². The average molecular weight is 370 g/mol. The van der Waals surface area contributed by atoms with Gasteiger partial charge in [0.05, 0.1) is 11.4 Å². The third-order valence-corrected chi connectivity index (χ3v) is 4.99. The van der Waals surface area contributed by atoms with Crippen molar-refractivity contribution < 1.29 is 4.79 Å². The number of benzene rings is 2. The van der Waals surface area contributed by atoms with Crippen LogP contribution in [-0.4, -0.2) is 49.2 Å². The summed E-state index contributed by atoms with van der Waals surface area (Å²) in [6.07, 6.45) is 0. The van der Waals surface area contributed by atoms with Crippen molar-refractivity contribution in [2.45, 2.75) is 13.8 Å². The van der Waals surface area contributed by atoms with E-state index in [2.05, 4.69) is 23.7 Å². The summed E-state index contributed by atoms with van der Waals surface area (Å²) in [5.41, 5.74) is 3.61. The van der Waals surface area contributed by atoms with E-state index in [4.69, 9.17) is 11.6 Å². The van der Waals surface area contributed by atoms with Gasteiger partial charge >= 0.3 is 0 Å². The number of amides is 1. The highest BCUT2D eigenvalue weighted by Crippen LogP contribution is 2.29. The lowest BCUT2D eigenvalue weighted by atomic mass is 10.00. The first kappa shape index (κ1) is 18.6. The first-order valence-corrected chi connectivity index (χ1v) is 9.44. The molecule has 3 rings (SSSR count). The lowest BCUT2D eigenvalue weighted by Crippen LogP contribution is -2.39. The Labute approximate surface area is 160 Å². The second-order valence-corrected chi connectivity index (χ2v) is 6.70. The quantitative estimate of drug-likeness (QED) is 0.775. The van der Waals surface area contributed by atoms with Crippen LogP contribution in [0.5, 0.6) is 0 Å². The Bertz CT molecular complexity index is 800. The molecule has 0 saturated carbocycles. The molecule has 1 aliphatic rings. The number of hydrogen-bond acceptors (Lipinski definition) is 3. The molecule has 0 bridgehead atoms. The molecule has 0 atom stereocenters. The van der Waals surface area contributed by atoms with E-state index in [0.29, 0.717) is 11.6 Å². The highest BCUT2D eigenvalue weighted by atomic mass is 35.5. The highest BCUT2D eigenvalue weighted by Gasteiger charge is 2.25. The maximum Gasteiger partial charge on any atom is 0.248 e. The molecule has 1 amide bonds. The Hall–Kier alpha value is -2.17. The number of hydrogen-bond donors (Lipinski definition) is 0. The molecule has 0 saturated heterocycles. The van der Waals surface area contributed by atoms with Gasteiger partial charge in [-0.25, -0.2) is 0 Å². The molecule has 4 nitrogen and oxygen atoms in total. The van der Waals surface area contributed by atoms with Crippen molar-refractivity contribution in [3.8, 4) is 0 Å². The number of halogens is 1. The highest BCUT2D eigenvalue weighted by molar-refractivity contribution is 6.32. The number of benzodiazepines with no additional fused rings is 1. The van der Waals surface area contributed by atoms with Gasteiger partial charge in [0, 0.05) is 29.2 Å². The van der Waals surface area contributed by atoms with Gasteiger partial charge in [-0.3, -0.25) is 9.79 Å². The molecule has 1 aliphatic heterocycles. The third-order valence-electron chi connectivity index (χ3n) is 4.76. The minimum atomic E-state index is 0.0201. The number of likely N-dealkylation sites (N-methyl/N-ethyl adjacent to an activating group) is 1. The number of anilines is 1. The number of fused-ring (bicyclic) bond motifs is 1. The molecule has 0 spiro atoms. The first-order chi connectivity index (χ1) is 12.6. The van der Waals surface area contributed by atoms with Crippen molar-refractivity contribution in [1.82, 2.24) is 4.90 Å². The Kier molecular flexibility index (Phi) is 6.07. The van der Waals surface area contributed by atoms with Gasteiger partial charge in [0.1, 0.15) is 6.54 Å². The smallest absolute Gasteiger partial charge is 0.248 e. The predicted molar refractivity (Wildman–Crippen MR) is 109 cm³/mol. The normalized spacial score (nSPS) is 14.2. The van der Waals surface area contributed by atoms with Gasteiger partial charge in [-0.1, -0.05) is 55.8 Å². The van der Waals surface area contributed by atoms with Crippen LogP contribution in [0.1, 0.15) is 25.0 Å². The van der Waals surface area contributed by atoms with Crippen molar-refractivity contribution in [3.05, 3.63) is 64.7 Å². The summed E-state index contributed by atoms with van der Waals surface area (Å²) in [4.78, 5) is 21.6. The van der Waals surface area contributed by atoms with E-state index in [1.54, 1.807) is 0 Å². The van der Waals surface area contributed by atoms with Gasteiger partial charge < -0.3 is 9.80 Å². The first-order valence-electron chi connectivity index (χ1n) is 9.06. The fraction of sp³-hybridized carbons (Fsp3) is 0.333. The number of aliphatic imine (C=N–C) groups is 1. The van der Waals surface area contributed by atoms with Gasteiger partial charge in [-0.05, 0) is 31.3 Å². The van der Waals surface area contributed by atoms with E-state index >= 15 is 0 Å². The second kappa shape index (κ2) is 8.47. The molecular weight excluding hydrogens is 346 g/mol. The third kappa shape index (κ3) is 3.97.